The first kappa shape index (κ1) is 19.2. The van der Waals surface area contributed by atoms with Gasteiger partial charge in [0.2, 0.25) is 0 Å². The van der Waals surface area contributed by atoms with Crippen LogP contribution in [0.4, 0.5) is 5.69 Å². The van der Waals surface area contributed by atoms with Crippen molar-refractivity contribution < 1.29 is 19.6 Å². The van der Waals surface area contributed by atoms with Crippen molar-refractivity contribution in [2.24, 2.45) is 0 Å². The summed E-state index contributed by atoms with van der Waals surface area (Å²) in [7, 11) is 0. The lowest BCUT2D eigenvalue weighted by atomic mass is 10.0. The third-order valence-electron chi connectivity index (χ3n) is 3.18. The number of rotatable bonds is 6. The van der Waals surface area contributed by atoms with Gasteiger partial charge in [0.05, 0.1) is 26.6 Å². The van der Waals surface area contributed by atoms with Crippen LogP contribution in [0.25, 0.3) is 11.6 Å². The van der Waals surface area contributed by atoms with Crippen molar-refractivity contribution in [3.63, 3.8) is 0 Å². The first-order valence-electron chi connectivity index (χ1n) is 7.02. The van der Waals surface area contributed by atoms with Crippen molar-refractivity contribution in [3.05, 3.63) is 67.7 Å². The minimum absolute atomic E-state index is 0.0294. The van der Waals surface area contributed by atoms with Gasteiger partial charge in [-0.15, -0.1) is 0 Å². The molecular formula is C17H10Cl2N2O5. The van der Waals surface area contributed by atoms with E-state index < -0.39 is 17.5 Å². The fourth-order valence-electron chi connectivity index (χ4n) is 2.04. The Bertz CT molecular complexity index is 910. The van der Waals surface area contributed by atoms with Gasteiger partial charge in [-0.25, -0.2) is 4.79 Å². The number of aliphatic carboxylic acids is 1. The Morgan fingerprint density at radius 1 is 1.27 bits per heavy atom. The van der Waals surface area contributed by atoms with Crippen molar-refractivity contribution in [1.29, 1.82) is 5.26 Å². The van der Waals surface area contributed by atoms with Crippen LogP contribution in [0.2, 0.25) is 10.0 Å². The minimum Gasteiger partial charge on any atom is -0.479 e. The number of allylic oxidation sites excluding steroid dienone is 1. The molecule has 7 nitrogen and oxygen atoms in total. The number of halogens is 2. The van der Waals surface area contributed by atoms with E-state index in [1.165, 1.54) is 42.5 Å². The monoisotopic (exact) mass is 392 g/mol. The quantitative estimate of drug-likeness (QED) is 0.336. The molecule has 0 aliphatic carbocycles. The van der Waals surface area contributed by atoms with Crippen LogP contribution < -0.4 is 4.74 Å². The first-order valence-corrected chi connectivity index (χ1v) is 7.77. The summed E-state index contributed by atoms with van der Waals surface area (Å²) in [6, 6.07) is 10.4. The largest absolute Gasteiger partial charge is 0.479 e. The number of hydrogen-bond acceptors (Lipinski definition) is 5. The zero-order chi connectivity index (χ0) is 19.3. The molecule has 132 valence electrons. The second-order valence-electron chi connectivity index (χ2n) is 4.97. The van der Waals surface area contributed by atoms with E-state index in [1.54, 1.807) is 0 Å². The lowest BCUT2D eigenvalue weighted by molar-refractivity contribution is -0.384. The average molecular weight is 393 g/mol. The molecule has 2 aromatic rings. The van der Waals surface area contributed by atoms with Gasteiger partial charge in [-0.1, -0.05) is 23.2 Å². The number of carboxylic acid groups (broad SMARTS) is 1. The SMILES string of the molecule is N#C/C(=C\c1cc(Cl)c(OCC(=O)O)c(Cl)c1)c1ccc([N+](=O)[O-])cc1. The van der Waals surface area contributed by atoms with Crippen LogP contribution in [0, 0.1) is 21.4 Å². The summed E-state index contributed by atoms with van der Waals surface area (Å²) < 4.78 is 5.02. The van der Waals surface area contributed by atoms with E-state index in [9.17, 15) is 20.2 Å². The van der Waals surface area contributed by atoms with Crippen LogP contribution in [-0.2, 0) is 4.79 Å². The third-order valence-corrected chi connectivity index (χ3v) is 3.74. The highest BCUT2D eigenvalue weighted by molar-refractivity contribution is 6.37. The molecular weight excluding hydrogens is 383 g/mol. The molecule has 0 aliphatic heterocycles. The molecule has 0 saturated carbocycles. The molecule has 2 rings (SSSR count). The average Bonchev–Trinajstić information content (AvgIpc) is 2.58. The third kappa shape index (κ3) is 4.72. The van der Waals surface area contributed by atoms with E-state index in [2.05, 4.69) is 0 Å². The second-order valence-corrected chi connectivity index (χ2v) is 5.78. The Labute approximate surface area is 157 Å². The molecule has 0 aliphatic rings. The van der Waals surface area contributed by atoms with Crippen LogP contribution in [0.15, 0.2) is 36.4 Å². The number of ether oxygens (including phenoxy) is 1. The lowest BCUT2D eigenvalue weighted by Crippen LogP contribution is -2.10. The fraction of sp³-hybridized carbons (Fsp3) is 0.0588. The molecule has 0 heterocycles. The van der Waals surface area contributed by atoms with E-state index in [0.717, 1.165) is 0 Å². The van der Waals surface area contributed by atoms with Gasteiger partial charge in [0.15, 0.2) is 12.4 Å². The molecule has 0 atom stereocenters. The van der Waals surface area contributed by atoms with Crippen LogP contribution in [-0.4, -0.2) is 22.6 Å². The highest BCUT2D eigenvalue weighted by atomic mass is 35.5. The number of hydrogen-bond donors (Lipinski definition) is 1. The van der Waals surface area contributed by atoms with Crippen LogP contribution in [0.3, 0.4) is 0 Å². The predicted molar refractivity (Wildman–Crippen MR) is 96.2 cm³/mol. The van der Waals surface area contributed by atoms with E-state index in [-0.39, 0.29) is 27.1 Å². The highest BCUT2D eigenvalue weighted by Gasteiger charge is 2.12. The standard InChI is InChI=1S/C17H10Cl2N2O5/c18-14-6-10(7-15(19)17(14)26-9-16(22)23)5-12(8-20)11-1-3-13(4-2-11)21(24)25/h1-7H,9H2,(H,22,23)/b12-5+. The molecule has 0 unspecified atom stereocenters. The maximum absolute atomic E-state index is 10.7. The van der Waals surface area contributed by atoms with Crippen LogP contribution >= 0.6 is 23.2 Å². The van der Waals surface area contributed by atoms with Crippen LogP contribution in [0.5, 0.6) is 5.75 Å². The number of nitrogens with zero attached hydrogens (tertiary/aromatic N) is 2. The summed E-state index contributed by atoms with van der Waals surface area (Å²) in [4.78, 5) is 20.7. The number of carbonyl (C=O) groups is 1. The zero-order valence-corrected chi connectivity index (χ0v) is 14.5. The van der Waals surface area contributed by atoms with E-state index in [4.69, 9.17) is 33.0 Å². The Hall–Kier alpha value is -3.08. The molecule has 0 radical (unpaired) electrons. The Kier molecular flexibility index (Phi) is 6.17. The summed E-state index contributed by atoms with van der Waals surface area (Å²) in [5, 5.41) is 28.9. The van der Waals surface area contributed by atoms with Crippen molar-refractivity contribution >= 4 is 46.5 Å². The maximum atomic E-state index is 10.7. The number of nitriles is 1. The minimum atomic E-state index is -1.17. The normalized spacial score (nSPS) is 10.9. The van der Waals surface area contributed by atoms with Gasteiger partial charge in [0, 0.05) is 12.1 Å². The van der Waals surface area contributed by atoms with Crippen LogP contribution in [0.1, 0.15) is 11.1 Å². The summed E-state index contributed by atoms with van der Waals surface area (Å²) >= 11 is 12.1. The van der Waals surface area contributed by atoms with E-state index in [1.807, 2.05) is 6.07 Å². The van der Waals surface area contributed by atoms with Crippen molar-refractivity contribution in [3.8, 4) is 11.8 Å². The Morgan fingerprint density at radius 3 is 2.31 bits per heavy atom. The molecule has 0 fully saturated rings. The number of benzene rings is 2. The van der Waals surface area contributed by atoms with Gasteiger partial charge in [-0.2, -0.15) is 5.26 Å². The molecule has 9 heteroatoms. The van der Waals surface area contributed by atoms with E-state index in [0.29, 0.717) is 11.1 Å². The van der Waals surface area contributed by atoms with Gasteiger partial charge in [-0.05, 0) is 41.5 Å². The number of nitro groups is 1. The summed E-state index contributed by atoms with van der Waals surface area (Å²) in [5.74, 6) is -1.15. The van der Waals surface area contributed by atoms with Gasteiger partial charge in [0.1, 0.15) is 0 Å². The Morgan fingerprint density at radius 2 is 1.85 bits per heavy atom. The molecule has 2 aromatic carbocycles. The summed E-state index contributed by atoms with van der Waals surface area (Å²) in [6.45, 7) is -0.596. The lowest BCUT2D eigenvalue weighted by Gasteiger charge is -2.09. The number of carboxylic acids is 1. The number of nitro benzene ring substituents is 1. The Balaban J connectivity index is 2.35. The summed E-state index contributed by atoms with van der Waals surface area (Å²) in [6.07, 6.45) is 1.50. The second kappa shape index (κ2) is 8.34. The smallest absolute Gasteiger partial charge is 0.341 e. The molecule has 1 N–H and O–H groups in total. The van der Waals surface area contributed by atoms with Gasteiger partial charge >= 0.3 is 5.97 Å². The molecule has 0 saturated heterocycles. The molecule has 0 aromatic heterocycles. The maximum Gasteiger partial charge on any atom is 0.341 e. The van der Waals surface area contributed by atoms with Gasteiger partial charge in [-0.3, -0.25) is 10.1 Å². The van der Waals surface area contributed by atoms with Crippen molar-refractivity contribution in [2.45, 2.75) is 0 Å². The van der Waals surface area contributed by atoms with Crippen molar-refractivity contribution in [1.82, 2.24) is 0 Å². The van der Waals surface area contributed by atoms with Gasteiger partial charge in [0.25, 0.3) is 5.69 Å². The first-order chi connectivity index (χ1) is 12.3. The van der Waals surface area contributed by atoms with E-state index >= 15 is 0 Å². The topological polar surface area (TPSA) is 113 Å². The molecule has 26 heavy (non-hydrogen) atoms. The predicted octanol–water partition coefficient (Wildman–Crippen LogP) is 4.43. The highest BCUT2D eigenvalue weighted by Crippen LogP contribution is 2.35. The van der Waals surface area contributed by atoms with Gasteiger partial charge < -0.3 is 9.84 Å². The number of non-ortho nitro benzene ring substituents is 1. The molecule has 0 spiro atoms. The molecule has 0 bridgehead atoms. The summed E-state index contributed by atoms with van der Waals surface area (Å²) in [5.41, 5.74) is 1.12. The van der Waals surface area contributed by atoms with Crippen molar-refractivity contribution in [2.75, 3.05) is 6.61 Å². The zero-order valence-electron chi connectivity index (χ0n) is 13.0. The molecule has 0 amide bonds. The fourth-order valence-corrected chi connectivity index (χ4v) is 2.66.